The Bertz CT molecular complexity index is 1090. The Kier molecular flexibility index (Phi) is 4.81. The van der Waals surface area contributed by atoms with Crippen LogP contribution in [0.2, 0.25) is 0 Å². The highest BCUT2D eigenvalue weighted by Gasteiger charge is 2.28. The van der Waals surface area contributed by atoms with Gasteiger partial charge in [-0.25, -0.2) is 4.79 Å². The van der Waals surface area contributed by atoms with Gasteiger partial charge >= 0.3 is 6.09 Å². The molecule has 0 bridgehead atoms. The molecular weight excluding hydrogens is 400 g/mol. The highest BCUT2D eigenvalue weighted by atomic mass is 16.6. The standard InChI is InChI=1S/C21H26N6O4/c1-21(2,3)30-20(28)26-8-6-25(7-9-26)19-23-18(31-24-19)14-4-5-15-11-22-27(17(15)10-14)16-12-29-13-16/h4-5,10-11,16H,6-9,12-13H2,1-3H3. The highest BCUT2D eigenvalue weighted by Crippen LogP contribution is 2.28. The molecule has 2 aliphatic rings. The number of amides is 1. The van der Waals surface area contributed by atoms with Crippen LogP contribution in [0.4, 0.5) is 10.7 Å². The van der Waals surface area contributed by atoms with Gasteiger partial charge in [0, 0.05) is 37.1 Å². The monoisotopic (exact) mass is 426 g/mol. The van der Waals surface area contributed by atoms with E-state index < -0.39 is 5.60 Å². The predicted molar refractivity (Wildman–Crippen MR) is 113 cm³/mol. The van der Waals surface area contributed by atoms with E-state index in [1.165, 1.54) is 0 Å². The lowest BCUT2D eigenvalue weighted by Gasteiger charge is -2.34. The van der Waals surface area contributed by atoms with Crippen LogP contribution >= 0.6 is 0 Å². The van der Waals surface area contributed by atoms with E-state index >= 15 is 0 Å². The van der Waals surface area contributed by atoms with Gasteiger partial charge in [-0.15, -0.1) is 0 Å². The van der Waals surface area contributed by atoms with Crippen LogP contribution in [0, 0.1) is 0 Å². The molecule has 2 fully saturated rings. The van der Waals surface area contributed by atoms with E-state index in [1.54, 1.807) is 4.90 Å². The SMILES string of the molecule is CC(C)(C)OC(=O)N1CCN(c2noc(-c3ccc4cnn(C5COC5)c4c3)n2)CC1. The molecular formula is C21H26N6O4. The van der Waals surface area contributed by atoms with Crippen molar-refractivity contribution in [3.8, 4) is 11.5 Å². The summed E-state index contributed by atoms with van der Waals surface area (Å²) >= 11 is 0. The highest BCUT2D eigenvalue weighted by molar-refractivity contribution is 5.83. The van der Waals surface area contributed by atoms with Gasteiger partial charge < -0.3 is 23.8 Å². The number of benzene rings is 1. The van der Waals surface area contributed by atoms with Crippen LogP contribution in [0.15, 0.2) is 28.9 Å². The summed E-state index contributed by atoms with van der Waals surface area (Å²) < 4.78 is 18.3. The second-order valence-electron chi connectivity index (χ2n) is 8.91. The van der Waals surface area contributed by atoms with Crippen LogP contribution in [-0.4, -0.2) is 75.9 Å². The van der Waals surface area contributed by atoms with Crippen molar-refractivity contribution in [3.63, 3.8) is 0 Å². The first-order chi connectivity index (χ1) is 14.9. The molecule has 2 aliphatic heterocycles. The van der Waals surface area contributed by atoms with Crippen molar-refractivity contribution >= 4 is 22.9 Å². The van der Waals surface area contributed by atoms with Gasteiger partial charge in [-0.2, -0.15) is 10.1 Å². The number of hydrogen-bond donors (Lipinski definition) is 0. The molecule has 3 aromatic rings. The zero-order valence-electron chi connectivity index (χ0n) is 17.9. The summed E-state index contributed by atoms with van der Waals surface area (Å²) in [6, 6.07) is 6.27. The molecule has 0 N–H and O–H groups in total. The molecule has 10 nitrogen and oxygen atoms in total. The van der Waals surface area contributed by atoms with Crippen LogP contribution in [0.5, 0.6) is 0 Å². The Hall–Kier alpha value is -3.14. The van der Waals surface area contributed by atoms with Crippen LogP contribution < -0.4 is 4.90 Å². The molecule has 0 atom stereocenters. The molecule has 0 unspecified atom stereocenters. The Labute approximate surface area is 179 Å². The number of rotatable bonds is 3. The van der Waals surface area contributed by atoms with E-state index in [-0.39, 0.29) is 12.1 Å². The maximum Gasteiger partial charge on any atom is 0.410 e. The topological polar surface area (TPSA) is 98.8 Å². The minimum atomic E-state index is -0.501. The third kappa shape index (κ3) is 3.95. The molecule has 0 radical (unpaired) electrons. The van der Waals surface area contributed by atoms with E-state index in [9.17, 15) is 4.79 Å². The summed E-state index contributed by atoms with van der Waals surface area (Å²) in [6.45, 7) is 9.30. The van der Waals surface area contributed by atoms with Gasteiger partial charge in [0.05, 0.1) is 31.0 Å². The third-order valence-corrected chi connectivity index (χ3v) is 5.44. The minimum absolute atomic E-state index is 0.271. The summed E-state index contributed by atoms with van der Waals surface area (Å²) in [6.07, 6.45) is 1.57. The predicted octanol–water partition coefficient (Wildman–Crippen LogP) is 2.71. The summed E-state index contributed by atoms with van der Waals surface area (Å²) in [5.41, 5.74) is 1.37. The third-order valence-electron chi connectivity index (χ3n) is 5.44. The van der Waals surface area contributed by atoms with Gasteiger partial charge in [0.1, 0.15) is 5.60 Å². The van der Waals surface area contributed by atoms with Gasteiger partial charge in [-0.3, -0.25) is 4.68 Å². The lowest BCUT2D eigenvalue weighted by Crippen LogP contribution is -2.50. The van der Waals surface area contributed by atoms with Crippen molar-refractivity contribution in [2.45, 2.75) is 32.4 Å². The number of hydrogen-bond acceptors (Lipinski definition) is 8. The second kappa shape index (κ2) is 7.52. The molecule has 0 aliphatic carbocycles. The molecule has 4 heterocycles. The molecule has 1 aromatic carbocycles. The number of anilines is 1. The summed E-state index contributed by atoms with van der Waals surface area (Å²) in [5, 5.41) is 9.72. The maximum atomic E-state index is 12.3. The number of carbonyl (C=O) groups is 1. The zero-order valence-corrected chi connectivity index (χ0v) is 17.9. The van der Waals surface area contributed by atoms with Crippen molar-refractivity contribution in [3.05, 3.63) is 24.4 Å². The van der Waals surface area contributed by atoms with Gasteiger partial charge in [-0.05, 0) is 38.1 Å². The van der Waals surface area contributed by atoms with Gasteiger partial charge in [0.15, 0.2) is 0 Å². The number of fused-ring (bicyclic) bond motifs is 1. The Balaban J connectivity index is 1.28. The largest absolute Gasteiger partial charge is 0.444 e. The summed E-state index contributed by atoms with van der Waals surface area (Å²) in [4.78, 5) is 20.6. The molecule has 31 heavy (non-hydrogen) atoms. The van der Waals surface area contributed by atoms with Gasteiger partial charge in [-0.1, -0.05) is 6.07 Å². The average Bonchev–Trinajstić information content (AvgIpc) is 3.33. The number of nitrogens with zero attached hydrogens (tertiary/aromatic N) is 6. The van der Waals surface area contributed by atoms with Gasteiger partial charge in [0.2, 0.25) is 0 Å². The normalized spacial score (nSPS) is 17.8. The van der Waals surface area contributed by atoms with Crippen molar-refractivity contribution in [2.24, 2.45) is 0 Å². The van der Waals surface area contributed by atoms with Crippen LogP contribution in [0.3, 0.4) is 0 Å². The molecule has 2 aromatic heterocycles. The zero-order chi connectivity index (χ0) is 21.6. The van der Waals surface area contributed by atoms with Crippen molar-refractivity contribution in [1.82, 2.24) is 24.8 Å². The van der Waals surface area contributed by atoms with Crippen LogP contribution in [0.1, 0.15) is 26.8 Å². The number of piperazine rings is 1. The lowest BCUT2D eigenvalue weighted by atomic mass is 10.1. The fraction of sp³-hybridized carbons (Fsp3) is 0.524. The Morgan fingerprint density at radius 3 is 2.61 bits per heavy atom. The van der Waals surface area contributed by atoms with E-state index in [0.717, 1.165) is 16.5 Å². The van der Waals surface area contributed by atoms with E-state index in [4.69, 9.17) is 14.0 Å². The average molecular weight is 426 g/mol. The summed E-state index contributed by atoms with van der Waals surface area (Å²) in [7, 11) is 0. The summed E-state index contributed by atoms with van der Waals surface area (Å²) in [5.74, 6) is 0.990. The Morgan fingerprint density at radius 2 is 1.94 bits per heavy atom. The molecule has 5 rings (SSSR count). The number of aromatic nitrogens is 4. The fourth-order valence-electron chi connectivity index (χ4n) is 3.70. The minimum Gasteiger partial charge on any atom is -0.444 e. The van der Waals surface area contributed by atoms with E-state index in [2.05, 4.69) is 15.2 Å². The van der Waals surface area contributed by atoms with E-state index in [0.29, 0.717) is 51.2 Å². The van der Waals surface area contributed by atoms with Crippen molar-refractivity contribution in [2.75, 3.05) is 44.3 Å². The number of ether oxygens (including phenoxy) is 2. The first kappa shape index (κ1) is 19.8. The molecule has 0 saturated carbocycles. The maximum absolute atomic E-state index is 12.3. The fourth-order valence-corrected chi connectivity index (χ4v) is 3.70. The van der Waals surface area contributed by atoms with Crippen molar-refractivity contribution in [1.29, 1.82) is 0 Å². The van der Waals surface area contributed by atoms with Crippen molar-refractivity contribution < 1.29 is 18.8 Å². The number of carbonyl (C=O) groups excluding carboxylic acids is 1. The molecule has 0 spiro atoms. The van der Waals surface area contributed by atoms with Crippen LogP contribution in [0.25, 0.3) is 22.4 Å². The molecule has 2 saturated heterocycles. The van der Waals surface area contributed by atoms with E-state index in [1.807, 2.05) is 54.7 Å². The lowest BCUT2D eigenvalue weighted by molar-refractivity contribution is -0.0266. The second-order valence-corrected chi connectivity index (χ2v) is 8.91. The molecule has 164 valence electrons. The smallest absolute Gasteiger partial charge is 0.410 e. The van der Waals surface area contributed by atoms with Crippen LogP contribution in [-0.2, 0) is 9.47 Å². The van der Waals surface area contributed by atoms with Gasteiger partial charge in [0.25, 0.3) is 11.8 Å². The molecule has 1 amide bonds. The quantitative estimate of drug-likeness (QED) is 0.630. The first-order valence-corrected chi connectivity index (χ1v) is 10.5. The Morgan fingerprint density at radius 1 is 1.16 bits per heavy atom. The molecule has 10 heteroatoms. The first-order valence-electron chi connectivity index (χ1n) is 10.5.